The van der Waals surface area contributed by atoms with E-state index < -0.39 is 20.2 Å². The van der Waals surface area contributed by atoms with Crippen LogP contribution in [0.3, 0.4) is 0 Å². The molecule has 0 N–H and O–H groups in total. The van der Waals surface area contributed by atoms with Crippen LogP contribution in [0.5, 0.6) is 0 Å². The summed E-state index contributed by atoms with van der Waals surface area (Å²) >= 11 is 0. The molecule has 0 fully saturated rings. The van der Waals surface area contributed by atoms with Crippen LogP contribution in [0.15, 0.2) is 0 Å². The van der Waals surface area contributed by atoms with Crippen molar-refractivity contribution in [1.29, 1.82) is 0 Å². The van der Waals surface area contributed by atoms with Crippen molar-refractivity contribution in [2.24, 2.45) is 0 Å². The van der Waals surface area contributed by atoms with E-state index in [1.54, 1.807) is 0 Å². The molecule has 0 unspecified atom stereocenters. The fourth-order valence-electron chi connectivity index (χ4n) is 3.53. The third-order valence-corrected chi connectivity index (χ3v) is 7.07. The number of unbranched alkanes of at least 4 members (excludes halogenated alkanes) is 18. The van der Waals surface area contributed by atoms with Crippen molar-refractivity contribution in [3.05, 3.63) is 0 Å². The topological polar surface area (TPSA) is 114 Å². The number of hydrogen-bond donors (Lipinski definition) is 0. The molecule has 6 nitrogen and oxygen atoms in total. The van der Waals surface area contributed by atoms with Crippen molar-refractivity contribution < 1.29 is 48.3 Å². The molecule has 0 aliphatic heterocycles. The van der Waals surface area contributed by atoms with Gasteiger partial charge in [0.15, 0.2) is 0 Å². The van der Waals surface area contributed by atoms with E-state index in [-0.39, 0.29) is 33.9 Å². The second kappa shape index (κ2) is 27.2. The van der Waals surface area contributed by atoms with Crippen LogP contribution < -0.4 is 0 Å². The second-order valence-corrected chi connectivity index (χ2v) is 11.9. The molecular formula is C24H50AgO6S2-2. The summed E-state index contributed by atoms with van der Waals surface area (Å²) in [7, 11) is -7.96. The minimum Gasteiger partial charge on any atom is -0.748 e. The molecule has 0 spiro atoms. The SMILES string of the molecule is CCCCCCCCCCCCS(=O)(=O)[O-].CCCCCCCCCCCCS(=O)(=O)[O-].[Ag]. The van der Waals surface area contributed by atoms with Crippen LogP contribution in [0.1, 0.15) is 142 Å². The standard InChI is InChI=1S/2C12H26O3S.Ag/c2*1-2-3-4-5-6-7-8-9-10-11-12-16(13,14)15;/h2*2-12H2,1H3,(H,13,14,15);/p-2. The maximum Gasteiger partial charge on any atom is 0.0945 e. The minimum absolute atomic E-state index is 0. The van der Waals surface area contributed by atoms with Gasteiger partial charge in [0, 0.05) is 33.9 Å². The molecule has 0 rings (SSSR count). The molecule has 0 aromatic rings. The third kappa shape index (κ3) is 43.1. The Morgan fingerprint density at radius 2 is 0.576 bits per heavy atom. The Kier molecular flexibility index (Phi) is 31.3. The van der Waals surface area contributed by atoms with Gasteiger partial charge >= 0.3 is 0 Å². The van der Waals surface area contributed by atoms with Crippen molar-refractivity contribution in [3.8, 4) is 0 Å². The summed E-state index contributed by atoms with van der Waals surface area (Å²) < 4.78 is 61.9. The van der Waals surface area contributed by atoms with E-state index in [1.807, 2.05) is 0 Å². The van der Waals surface area contributed by atoms with Crippen LogP contribution in [0.25, 0.3) is 0 Å². The summed E-state index contributed by atoms with van der Waals surface area (Å²) in [5.74, 6) is -0.382. The van der Waals surface area contributed by atoms with Gasteiger partial charge in [-0.3, -0.25) is 0 Å². The molecule has 0 amide bonds. The van der Waals surface area contributed by atoms with Gasteiger partial charge in [-0.1, -0.05) is 129 Å². The average Bonchev–Trinajstić information content (AvgIpc) is 2.70. The summed E-state index contributed by atoms with van der Waals surface area (Å²) in [5.41, 5.74) is 0. The summed E-state index contributed by atoms with van der Waals surface area (Å²) in [6.45, 7) is 4.42. The van der Waals surface area contributed by atoms with Crippen LogP contribution in [0.4, 0.5) is 0 Å². The first kappa shape index (κ1) is 38.1. The van der Waals surface area contributed by atoms with E-state index >= 15 is 0 Å². The minimum atomic E-state index is -3.98. The van der Waals surface area contributed by atoms with Crippen LogP contribution in [0, 0.1) is 0 Å². The van der Waals surface area contributed by atoms with E-state index in [0.717, 1.165) is 25.7 Å². The maximum atomic E-state index is 10.3. The van der Waals surface area contributed by atoms with E-state index in [1.165, 1.54) is 89.9 Å². The van der Waals surface area contributed by atoms with Gasteiger partial charge in [0.1, 0.15) is 0 Å². The van der Waals surface area contributed by atoms with Crippen LogP contribution in [-0.4, -0.2) is 37.4 Å². The molecule has 0 bridgehead atoms. The predicted octanol–water partition coefficient (Wildman–Crippen LogP) is 6.90. The molecule has 0 aromatic heterocycles. The molecule has 0 aliphatic rings. The molecule has 1 radical (unpaired) electrons. The number of rotatable bonds is 22. The monoisotopic (exact) mass is 605 g/mol. The van der Waals surface area contributed by atoms with Gasteiger partial charge in [-0.25, -0.2) is 16.8 Å². The van der Waals surface area contributed by atoms with E-state index in [0.29, 0.717) is 12.8 Å². The molecule has 9 heteroatoms. The Bertz CT molecular complexity index is 528. The number of hydrogen-bond acceptors (Lipinski definition) is 6. The van der Waals surface area contributed by atoms with Gasteiger partial charge in [0.05, 0.1) is 20.2 Å². The quantitative estimate of drug-likeness (QED) is 0.0752. The normalized spacial score (nSPS) is 11.5. The van der Waals surface area contributed by atoms with E-state index in [9.17, 15) is 25.9 Å². The smallest absolute Gasteiger partial charge is 0.0945 e. The van der Waals surface area contributed by atoms with Crippen molar-refractivity contribution >= 4 is 20.2 Å². The summed E-state index contributed by atoms with van der Waals surface area (Å²) in [6, 6.07) is 0. The predicted molar refractivity (Wildman–Crippen MR) is 133 cm³/mol. The van der Waals surface area contributed by atoms with Crippen molar-refractivity contribution in [2.75, 3.05) is 11.5 Å². The zero-order valence-corrected chi connectivity index (χ0v) is 24.2. The zero-order chi connectivity index (χ0) is 24.6. The van der Waals surface area contributed by atoms with Crippen molar-refractivity contribution in [2.45, 2.75) is 142 Å². The van der Waals surface area contributed by atoms with Gasteiger partial charge in [-0.05, 0) is 12.8 Å². The third-order valence-electron chi connectivity index (χ3n) is 5.50. The first-order valence-corrected chi connectivity index (χ1v) is 16.1. The van der Waals surface area contributed by atoms with Crippen LogP contribution in [0.2, 0.25) is 0 Å². The largest absolute Gasteiger partial charge is 0.748 e. The Hall–Kier alpha value is 0.560. The Balaban J connectivity index is -0.000000529. The molecule has 0 aromatic carbocycles. The molecule has 0 heterocycles. The summed E-state index contributed by atoms with van der Waals surface area (Å²) in [5, 5.41) is 0. The van der Waals surface area contributed by atoms with Gasteiger partial charge in [-0.2, -0.15) is 0 Å². The fraction of sp³-hybridized carbons (Fsp3) is 1.00. The molecule has 207 valence electrons. The van der Waals surface area contributed by atoms with Crippen molar-refractivity contribution in [3.63, 3.8) is 0 Å². The molecule has 0 saturated heterocycles. The summed E-state index contributed by atoms with van der Waals surface area (Å²) in [6.07, 6.45) is 22.9. The maximum absolute atomic E-state index is 10.3. The fourth-order valence-corrected chi connectivity index (χ4v) is 4.65. The van der Waals surface area contributed by atoms with Gasteiger partial charge in [-0.15, -0.1) is 0 Å². The first-order valence-electron chi connectivity index (χ1n) is 13.0. The Morgan fingerprint density at radius 1 is 0.394 bits per heavy atom. The van der Waals surface area contributed by atoms with E-state index in [2.05, 4.69) is 13.8 Å². The van der Waals surface area contributed by atoms with Crippen molar-refractivity contribution in [1.82, 2.24) is 0 Å². The first-order chi connectivity index (χ1) is 15.1. The molecule has 33 heavy (non-hydrogen) atoms. The Labute approximate surface area is 221 Å². The average molecular weight is 607 g/mol. The van der Waals surface area contributed by atoms with Crippen LogP contribution >= 0.6 is 0 Å². The second-order valence-electron chi connectivity index (χ2n) is 8.89. The van der Waals surface area contributed by atoms with Gasteiger partial charge in [0.2, 0.25) is 0 Å². The van der Waals surface area contributed by atoms with Gasteiger partial charge < -0.3 is 9.11 Å². The molecule has 0 atom stereocenters. The Morgan fingerprint density at radius 3 is 0.758 bits per heavy atom. The summed E-state index contributed by atoms with van der Waals surface area (Å²) in [4.78, 5) is 0. The zero-order valence-electron chi connectivity index (χ0n) is 21.1. The molecular weight excluding hydrogens is 556 g/mol. The molecule has 0 aliphatic carbocycles. The van der Waals surface area contributed by atoms with E-state index in [4.69, 9.17) is 0 Å². The van der Waals surface area contributed by atoms with Crippen LogP contribution in [-0.2, 0) is 42.6 Å². The van der Waals surface area contributed by atoms with Gasteiger partial charge in [0.25, 0.3) is 0 Å². The molecule has 0 saturated carbocycles.